The maximum Gasteiger partial charge on any atom is 0.114 e. The molecule has 3 heteroatoms. The largest absolute Gasteiger partial charge is 0.369 e. The molecule has 1 unspecified atom stereocenters. The molecule has 1 atom stereocenters. The van der Waals surface area contributed by atoms with Gasteiger partial charge in [-0.05, 0) is 13.0 Å². The Kier molecular flexibility index (Phi) is 2.27. The second-order valence-corrected chi connectivity index (χ2v) is 1.69. The van der Waals surface area contributed by atoms with E-state index in [1.165, 1.54) is 0 Å². The Morgan fingerprint density at radius 3 is 3.22 bits per heavy atom. The SMILES string of the molecule is CCOC1C=CNN=C1. The van der Waals surface area contributed by atoms with Gasteiger partial charge >= 0.3 is 0 Å². The van der Waals surface area contributed by atoms with Crippen LogP contribution in [0.25, 0.3) is 0 Å². The van der Waals surface area contributed by atoms with Crippen molar-refractivity contribution in [3.8, 4) is 0 Å². The number of nitrogens with one attached hydrogen (secondary N) is 1. The maximum absolute atomic E-state index is 5.21. The summed E-state index contributed by atoms with van der Waals surface area (Å²) in [6.07, 6.45) is 5.47. The molecule has 0 radical (unpaired) electrons. The molecule has 0 saturated heterocycles. The molecule has 0 aromatic carbocycles. The van der Waals surface area contributed by atoms with E-state index in [0.717, 1.165) is 6.61 Å². The van der Waals surface area contributed by atoms with Gasteiger partial charge in [-0.25, -0.2) is 0 Å². The van der Waals surface area contributed by atoms with E-state index in [4.69, 9.17) is 4.74 Å². The molecule has 0 saturated carbocycles. The molecular formula is C6H10N2O. The van der Waals surface area contributed by atoms with E-state index in [1.54, 1.807) is 12.4 Å². The summed E-state index contributed by atoms with van der Waals surface area (Å²) in [6, 6.07) is 0. The lowest BCUT2D eigenvalue weighted by Gasteiger charge is -2.09. The van der Waals surface area contributed by atoms with Gasteiger partial charge in [0.1, 0.15) is 6.10 Å². The Balaban J connectivity index is 2.31. The van der Waals surface area contributed by atoms with Gasteiger partial charge in [-0.2, -0.15) is 5.10 Å². The van der Waals surface area contributed by atoms with Crippen LogP contribution in [-0.2, 0) is 4.74 Å². The topological polar surface area (TPSA) is 33.6 Å². The zero-order valence-electron chi connectivity index (χ0n) is 5.37. The maximum atomic E-state index is 5.21. The summed E-state index contributed by atoms with van der Waals surface area (Å²) >= 11 is 0. The summed E-state index contributed by atoms with van der Waals surface area (Å²) in [4.78, 5) is 0. The quantitative estimate of drug-likeness (QED) is 0.584. The fourth-order valence-corrected chi connectivity index (χ4v) is 0.638. The van der Waals surface area contributed by atoms with Crippen LogP contribution >= 0.6 is 0 Å². The second-order valence-electron chi connectivity index (χ2n) is 1.69. The standard InChI is InChI=1S/C6H10N2O/c1-2-9-6-3-4-7-8-5-6/h3-7H,2H2,1H3. The average Bonchev–Trinajstić information content (AvgIpc) is 1.91. The third-order valence-corrected chi connectivity index (χ3v) is 1.02. The minimum atomic E-state index is 0.0660. The fraction of sp³-hybridized carbons (Fsp3) is 0.500. The summed E-state index contributed by atoms with van der Waals surface area (Å²) in [5, 5.41) is 3.79. The highest BCUT2D eigenvalue weighted by molar-refractivity contribution is 5.66. The molecule has 1 rings (SSSR count). The number of hydrazone groups is 1. The van der Waals surface area contributed by atoms with E-state index in [0.29, 0.717) is 0 Å². The van der Waals surface area contributed by atoms with Crippen molar-refractivity contribution in [2.45, 2.75) is 13.0 Å². The van der Waals surface area contributed by atoms with Crippen LogP contribution in [0.5, 0.6) is 0 Å². The van der Waals surface area contributed by atoms with Crippen molar-refractivity contribution in [1.29, 1.82) is 0 Å². The van der Waals surface area contributed by atoms with Crippen LogP contribution in [0.3, 0.4) is 0 Å². The average molecular weight is 126 g/mol. The van der Waals surface area contributed by atoms with Crippen LogP contribution in [0.1, 0.15) is 6.92 Å². The van der Waals surface area contributed by atoms with Crippen molar-refractivity contribution in [1.82, 2.24) is 5.43 Å². The summed E-state index contributed by atoms with van der Waals surface area (Å²) in [5.41, 5.74) is 2.68. The number of nitrogens with zero attached hydrogens (tertiary/aromatic N) is 1. The highest BCUT2D eigenvalue weighted by Gasteiger charge is 2.00. The van der Waals surface area contributed by atoms with Crippen LogP contribution in [0, 0.1) is 0 Å². The van der Waals surface area contributed by atoms with Gasteiger partial charge in [0.2, 0.25) is 0 Å². The summed E-state index contributed by atoms with van der Waals surface area (Å²) in [5.74, 6) is 0. The first-order chi connectivity index (χ1) is 4.43. The smallest absolute Gasteiger partial charge is 0.114 e. The molecule has 3 nitrogen and oxygen atoms in total. The van der Waals surface area contributed by atoms with Crippen LogP contribution in [-0.4, -0.2) is 18.9 Å². The molecule has 1 heterocycles. The zero-order valence-corrected chi connectivity index (χ0v) is 5.37. The van der Waals surface area contributed by atoms with E-state index in [2.05, 4.69) is 10.5 Å². The molecule has 9 heavy (non-hydrogen) atoms. The predicted molar refractivity (Wildman–Crippen MR) is 36.2 cm³/mol. The first kappa shape index (κ1) is 6.29. The zero-order chi connectivity index (χ0) is 6.53. The van der Waals surface area contributed by atoms with Crippen LogP contribution in [0.4, 0.5) is 0 Å². The number of ether oxygens (including phenoxy) is 1. The van der Waals surface area contributed by atoms with Crippen molar-refractivity contribution in [2.24, 2.45) is 5.10 Å². The molecule has 0 fully saturated rings. The molecule has 0 spiro atoms. The Labute approximate surface area is 54.4 Å². The lowest BCUT2D eigenvalue weighted by atomic mass is 10.3. The van der Waals surface area contributed by atoms with Gasteiger partial charge in [-0.3, -0.25) is 5.43 Å². The first-order valence-corrected chi connectivity index (χ1v) is 3.00. The molecule has 50 valence electrons. The van der Waals surface area contributed by atoms with Gasteiger partial charge in [0, 0.05) is 12.8 Å². The fourth-order valence-electron chi connectivity index (χ4n) is 0.638. The second kappa shape index (κ2) is 3.25. The minimum absolute atomic E-state index is 0.0660. The highest BCUT2D eigenvalue weighted by Crippen LogP contribution is 1.92. The number of rotatable bonds is 2. The lowest BCUT2D eigenvalue weighted by Crippen LogP contribution is -2.17. The molecule has 0 aromatic heterocycles. The third kappa shape index (κ3) is 1.85. The normalized spacial score (nSPS) is 23.9. The molecule has 0 aromatic rings. The van der Waals surface area contributed by atoms with E-state index in [9.17, 15) is 0 Å². The van der Waals surface area contributed by atoms with Crippen LogP contribution in [0.2, 0.25) is 0 Å². The summed E-state index contributed by atoms with van der Waals surface area (Å²) in [7, 11) is 0. The van der Waals surface area contributed by atoms with Gasteiger partial charge in [0.15, 0.2) is 0 Å². The number of hydrogen-bond donors (Lipinski definition) is 1. The highest BCUT2D eigenvalue weighted by atomic mass is 16.5. The Hall–Kier alpha value is -0.830. The van der Waals surface area contributed by atoms with Crippen LogP contribution < -0.4 is 5.43 Å². The van der Waals surface area contributed by atoms with Gasteiger partial charge in [-0.1, -0.05) is 0 Å². The molecule has 1 N–H and O–H groups in total. The van der Waals surface area contributed by atoms with Crippen molar-refractivity contribution in [3.05, 3.63) is 12.3 Å². The molecular weight excluding hydrogens is 116 g/mol. The first-order valence-electron chi connectivity index (χ1n) is 3.00. The predicted octanol–water partition coefficient (Wildman–Crippen LogP) is 0.494. The van der Waals surface area contributed by atoms with E-state index >= 15 is 0 Å². The monoisotopic (exact) mass is 126 g/mol. The molecule has 1 aliphatic rings. The third-order valence-electron chi connectivity index (χ3n) is 1.02. The van der Waals surface area contributed by atoms with Crippen molar-refractivity contribution in [3.63, 3.8) is 0 Å². The Bertz CT molecular complexity index is 119. The summed E-state index contributed by atoms with van der Waals surface area (Å²) in [6.45, 7) is 2.69. The number of hydrogen-bond acceptors (Lipinski definition) is 3. The molecule has 0 amide bonds. The Morgan fingerprint density at radius 1 is 1.78 bits per heavy atom. The van der Waals surface area contributed by atoms with Gasteiger partial charge in [0.25, 0.3) is 0 Å². The van der Waals surface area contributed by atoms with Crippen molar-refractivity contribution >= 4 is 6.21 Å². The van der Waals surface area contributed by atoms with E-state index < -0.39 is 0 Å². The molecule has 1 aliphatic heterocycles. The van der Waals surface area contributed by atoms with Crippen molar-refractivity contribution in [2.75, 3.05) is 6.61 Å². The van der Waals surface area contributed by atoms with Gasteiger partial charge in [0.05, 0.1) is 6.21 Å². The Morgan fingerprint density at radius 2 is 2.67 bits per heavy atom. The summed E-state index contributed by atoms with van der Waals surface area (Å²) < 4.78 is 5.21. The van der Waals surface area contributed by atoms with Crippen molar-refractivity contribution < 1.29 is 4.74 Å². The van der Waals surface area contributed by atoms with Gasteiger partial charge in [-0.15, -0.1) is 0 Å². The van der Waals surface area contributed by atoms with E-state index in [-0.39, 0.29) is 6.10 Å². The molecule has 0 aliphatic carbocycles. The van der Waals surface area contributed by atoms with Gasteiger partial charge < -0.3 is 4.74 Å². The van der Waals surface area contributed by atoms with Crippen LogP contribution in [0.15, 0.2) is 17.4 Å². The minimum Gasteiger partial charge on any atom is -0.369 e. The van der Waals surface area contributed by atoms with E-state index in [1.807, 2.05) is 13.0 Å². The lowest BCUT2D eigenvalue weighted by molar-refractivity contribution is 0.141. The molecule has 0 bridgehead atoms.